The van der Waals surface area contributed by atoms with Crippen LogP contribution in [0.2, 0.25) is 0 Å². The first-order chi connectivity index (χ1) is 33.5. The molecule has 0 aliphatic heterocycles. The van der Waals surface area contributed by atoms with E-state index in [0.29, 0.717) is 17.4 Å². The van der Waals surface area contributed by atoms with Gasteiger partial charge in [0.1, 0.15) is 13.2 Å². The van der Waals surface area contributed by atoms with Crippen molar-refractivity contribution in [2.24, 2.45) is 0 Å². The molecule has 0 aromatic carbocycles. The Morgan fingerprint density at radius 1 is 0.522 bits per heavy atom. The lowest BCUT2D eigenvalue weighted by Crippen LogP contribution is -2.45. The quantitative estimate of drug-likeness (QED) is 0.0272. The molecular formula is C60H103N2O6P. The highest BCUT2D eigenvalue weighted by Gasteiger charge is 2.23. The minimum Gasteiger partial charge on any atom is -0.756 e. The maximum atomic E-state index is 12.9. The molecule has 8 nitrogen and oxygen atoms in total. The SMILES string of the molecule is CC/C=C\C/C=C\C/C=C\C/C=C\C/C=C\C/C=C\C/C=C\CCCCCCCCCC(=O)NC(COP(=O)([O-])OCC[N+](C)(C)C)C(O)/C=C/CC/C=C/CC/C=C/CCCCCCCCCC. The monoisotopic (exact) mass is 979 g/mol. The van der Waals surface area contributed by atoms with E-state index in [2.05, 4.69) is 129 Å². The number of unbranched alkanes of at least 4 members (excludes halogenated alkanes) is 17. The van der Waals surface area contributed by atoms with Crippen molar-refractivity contribution in [2.45, 2.75) is 212 Å². The van der Waals surface area contributed by atoms with Gasteiger partial charge in [-0.15, -0.1) is 0 Å². The van der Waals surface area contributed by atoms with E-state index in [4.69, 9.17) is 9.05 Å². The Morgan fingerprint density at radius 2 is 0.899 bits per heavy atom. The van der Waals surface area contributed by atoms with E-state index >= 15 is 0 Å². The predicted molar refractivity (Wildman–Crippen MR) is 297 cm³/mol. The zero-order chi connectivity index (χ0) is 50.6. The number of phosphoric ester groups is 1. The Kier molecular flexibility index (Phi) is 47.6. The van der Waals surface area contributed by atoms with Gasteiger partial charge in [0, 0.05) is 6.42 Å². The number of hydrogen-bond donors (Lipinski definition) is 2. The van der Waals surface area contributed by atoms with Gasteiger partial charge < -0.3 is 28.8 Å². The van der Waals surface area contributed by atoms with Gasteiger partial charge >= 0.3 is 0 Å². The topological polar surface area (TPSA) is 108 Å². The van der Waals surface area contributed by atoms with Crippen LogP contribution in [0.4, 0.5) is 0 Å². The Labute approximate surface area is 424 Å². The summed E-state index contributed by atoms with van der Waals surface area (Å²) in [6.07, 6.45) is 74.1. The summed E-state index contributed by atoms with van der Waals surface area (Å²) >= 11 is 0. The fraction of sp³-hybridized carbons (Fsp3) is 0.650. The summed E-state index contributed by atoms with van der Waals surface area (Å²) in [5, 5.41) is 13.8. The molecule has 394 valence electrons. The molecule has 0 spiro atoms. The largest absolute Gasteiger partial charge is 0.756 e. The Morgan fingerprint density at radius 3 is 1.35 bits per heavy atom. The molecule has 0 fully saturated rings. The molecule has 1 amide bonds. The minimum absolute atomic E-state index is 0.0182. The highest BCUT2D eigenvalue weighted by molar-refractivity contribution is 7.45. The van der Waals surface area contributed by atoms with Crippen LogP contribution in [0.5, 0.6) is 0 Å². The summed E-state index contributed by atoms with van der Waals surface area (Å²) in [5.74, 6) is -0.228. The van der Waals surface area contributed by atoms with Crippen LogP contribution in [0.25, 0.3) is 0 Å². The zero-order valence-electron chi connectivity index (χ0n) is 44.7. The third-order valence-corrected chi connectivity index (χ3v) is 12.3. The standard InChI is InChI=1S/C60H103N2O6P/c1-6-8-10-12-14-16-18-20-22-24-26-27-28-29-30-31-32-33-34-35-36-38-40-42-44-46-48-50-52-54-60(64)61-58(57-68-69(65,66)67-56-55-62(3,4)5)59(63)53-51-49-47-45-43-41-39-37-25-23-21-19-17-15-13-11-9-7-2/h8,10,14,16,20,22,25-27,29-30,32-33,35-37,43,45,51,53,58-59,63H,6-7,9,11-13,15,17-19,21,23-24,28,31,34,38-42,44,46-50,52,54-57H2,1-5H3,(H-,61,64,65,66)/b10-8-,16-14-,22-20-,27-26-,30-29-,33-32-,36-35-,37-25+,45-43+,53-51+. The van der Waals surface area contributed by atoms with Gasteiger partial charge in [-0.05, 0) is 103 Å². The Hall–Kier alpha value is -3.10. The summed E-state index contributed by atoms with van der Waals surface area (Å²) in [7, 11) is 1.21. The lowest BCUT2D eigenvalue weighted by Gasteiger charge is -2.29. The molecule has 0 heterocycles. The average molecular weight is 979 g/mol. The summed E-state index contributed by atoms with van der Waals surface area (Å²) in [5.41, 5.74) is 0. The van der Waals surface area contributed by atoms with Crippen LogP contribution in [0.1, 0.15) is 200 Å². The maximum Gasteiger partial charge on any atom is 0.268 e. The van der Waals surface area contributed by atoms with Crippen LogP contribution < -0.4 is 10.2 Å². The van der Waals surface area contributed by atoms with E-state index in [0.717, 1.165) is 103 Å². The van der Waals surface area contributed by atoms with Gasteiger partial charge in [-0.3, -0.25) is 9.36 Å². The second-order valence-electron chi connectivity index (χ2n) is 19.2. The van der Waals surface area contributed by atoms with E-state index in [1.165, 1.54) is 77.0 Å². The summed E-state index contributed by atoms with van der Waals surface area (Å²) in [6.45, 7) is 4.47. The number of carbonyl (C=O) groups is 1. The van der Waals surface area contributed by atoms with Gasteiger partial charge in [-0.1, -0.05) is 212 Å². The molecule has 0 aromatic rings. The number of amides is 1. The van der Waals surface area contributed by atoms with Crippen LogP contribution in [-0.2, 0) is 18.4 Å². The third-order valence-electron chi connectivity index (χ3n) is 11.4. The summed E-state index contributed by atoms with van der Waals surface area (Å²) < 4.78 is 23.3. The number of aliphatic hydroxyl groups is 1. The van der Waals surface area contributed by atoms with Crippen molar-refractivity contribution in [3.8, 4) is 0 Å². The molecule has 9 heteroatoms. The van der Waals surface area contributed by atoms with Crippen molar-refractivity contribution >= 4 is 13.7 Å². The van der Waals surface area contributed by atoms with Gasteiger partial charge in [0.05, 0.1) is 39.9 Å². The number of phosphoric acid groups is 1. The normalized spacial score (nSPS) is 14.9. The van der Waals surface area contributed by atoms with Gasteiger partial charge in [-0.2, -0.15) is 0 Å². The van der Waals surface area contributed by atoms with E-state index in [1.54, 1.807) is 6.08 Å². The number of quaternary nitrogens is 1. The van der Waals surface area contributed by atoms with E-state index < -0.39 is 26.6 Å². The van der Waals surface area contributed by atoms with Crippen LogP contribution in [0.15, 0.2) is 122 Å². The first-order valence-corrected chi connectivity index (χ1v) is 28.9. The van der Waals surface area contributed by atoms with E-state index in [1.807, 2.05) is 27.2 Å². The fourth-order valence-corrected chi connectivity index (χ4v) is 7.83. The van der Waals surface area contributed by atoms with Crippen molar-refractivity contribution in [1.29, 1.82) is 0 Å². The molecule has 0 bridgehead atoms. The molecule has 0 rings (SSSR count). The number of nitrogens with one attached hydrogen (secondary N) is 1. The second-order valence-corrected chi connectivity index (χ2v) is 20.6. The van der Waals surface area contributed by atoms with Crippen LogP contribution in [-0.4, -0.2) is 68.5 Å². The second kappa shape index (κ2) is 49.9. The molecule has 0 aromatic heterocycles. The Balaban J connectivity index is 4.36. The number of nitrogens with zero attached hydrogens (tertiary/aromatic N) is 1. The van der Waals surface area contributed by atoms with Crippen molar-refractivity contribution in [3.63, 3.8) is 0 Å². The zero-order valence-corrected chi connectivity index (χ0v) is 45.6. The average Bonchev–Trinajstić information content (AvgIpc) is 3.31. The van der Waals surface area contributed by atoms with E-state index in [9.17, 15) is 19.4 Å². The van der Waals surface area contributed by atoms with Crippen molar-refractivity contribution in [2.75, 3.05) is 40.9 Å². The number of allylic oxidation sites excluding steroid dienone is 19. The molecule has 0 saturated carbocycles. The van der Waals surface area contributed by atoms with Crippen LogP contribution >= 0.6 is 7.82 Å². The summed E-state index contributed by atoms with van der Waals surface area (Å²) in [6, 6.07) is -0.925. The molecule has 0 aliphatic rings. The highest BCUT2D eigenvalue weighted by Crippen LogP contribution is 2.38. The number of rotatable bonds is 48. The van der Waals surface area contributed by atoms with Crippen LogP contribution in [0, 0.1) is 0 Å². The molecular weight excluding hydrogens is 876 g/mol. The van der Waals surface area contributed by atoms with Gasteiger partial charge in [0.25, 0.3) is 7.82 Å². The molecule has 3 atom stereocenters. The minimum atomic E-state index is -4.62. The van der Waals surface area contributed by atoms with Crippen LogP contribution in [0.3, 0.4) is 0 Å². The first kappa shape index (κ1) is 65.9. The summed E-state index contributed by atoms with van der Waals surface area (Å²) in [4.78, 5) is 25.5. The predicted octanol–water partition coefficient (Wildman–Crippen LogP) is 16.0. The molecule has 0 aliphatic carbocycles. The first-order valence-electron chi connectivity index (χ1n) is 27.4. The molecule has 2 N–H and O–H groups in total. The lowest BCUT2D eigenvalue weighted by atomic mass is 10.1. The third kappa shape index (κ3) is 52.6. The molecule has 0 radical (unpaired) electrons. The number of aliphatic hydroxyl groups excluding tert-OH is 1. The van der Waals surface area contributed by atoms with Crippen molar-refractivity contribution in [1.82, 2.24) is 5.32 Å². The number of likely N-dealkylation sites (N-methyl/N-ethyl adjacent to an activating group) is 1. The molecule has 3 unspecified atom stereocenters. The van der Waals surface area contributed by atoms with Gasteiger partial charge in [0.2, 0.25) is 5.91 Å². The fourth-order valence-electron chi connectivity index (χ4n) is 7.10. The Bertz CT molecular complexity index is 1530. The maximum absolute atomic E-state index is 12.9. The highest BCUT2D eigenvalue weighted by atomic mass is 31.2. The smallest absolute Gasteiger partial charge is 0.268 e. The molecule has 69 heavy (non-hydrogen) atoms. The molecule has 0 saturated heterocycles. The number of carbonyl (C=O) groups excluding carboxylic acids is 1. The van der Waals surface area contributed by atoms with Crippen molar-refractivity contribution in [3.05, 3.63) is 122 Å². The van der Waals surface area contributed by atoms with E-state index in [-0.39, 0.29) is 12.5 Å². The van der Waals surface area contributed by atoms with Crippen molar-refractivity contribution < 1.29 is 32.9 Å². The number of hydrogen-bond acceptors (Lipinski definition) is 6. The van der Waals surface area contributed by atoms with Gasteiger partial charge in [-0.25, -0.2) is 0 Å². The lowest BCUT2D eigenvalue weighted by molar-refractivity contribution is -0.870. The van der Waals surface area contributed by atoms with Gasteiger partial charge in [0.15, 0.2) is 0 Å².